The third-order valence-electron chi connectivity index (χ3n) is 5.10. The number of ether oxygens (including phenoxy) is 1. The van der Waals surface area contributed by atoms with Gasteiger partial charge in [-0.1, -0.05) is 6.42 Å². The zero-order valence-electron chi connectivity index (χ0n) is 14.2. The number of anilines is 1. The summed E-state index contributed by atoms with van der Waals surface area (Å²) in [6.07, 6.45) is 4.24. The molecule has 1 aromatic rings. The van der Waals surface area contributed by atoms with Crippen molar-refractivity contribution in [3.8, 4) is 6.07 Å². The van der Waals surface area contributed by atoms with Crippen LogP contribution >= 0.6 is 11.3 Å². The molecule has 1 aromatic heterocycles. The Balaban J connectivity index is 1.79. The quantitative estimate of drug-likeness (QED) is 0.839. The zero-order chi connectivity index (χ0) is 17.4. The molecule has 6 heteroatoms. The maximum absolute atomic E-state index is 12.6. The molecule has 24 heavy (non-hydrogen) atoms. The minimum atomic E-state index is -0.440. The Bertz CT molecular complexity index is 717. The van der Waals surface area contributed by atoms with E-state index in [0.717, 1.165) is 30.6 Å². The van der Waals surface area contributed by atoms with Crippen molar-refractivity contribution in [2.24, 2.45) is 17.8 Å². The van der Waals surface area contributed by atoms with E-state index < -0.39 is 5.97 Å². The van der Waals surface area contributed by atoms with Crippen LogP contribution in [0.5, 0.6) is 0 Å². The lowest BCUT2D eigenvalue weighted by Crippen LogP contribution is -2.27. The van der Waals surface area contributed by atoms with Crippen molar-refractivity contribution in [1.29, 1.82) is 5.26 Å². The third-order valence-corrected chi connectivity index (χ3v) is 6.29. The molecule has 2 aliphatic rings. The Morgan fingerprint density at radius 1 is 1.33 bits per heavy atom. The van der Waals surface area contributed by atoms with Gasteiger partial charge >= 0.3 is 5.97 Å². The number of nitrogens with zero attached hydrogens (tertiary/aromatic N) is 1. The van der Waals surface area contributed by atoms with Crippen LogP contribution in [-0.4, -0.2) is 18.0 Å². The Labute approximate surface area is 146 Å². The first-order valence-electron chi connectivity index (χ1n) is 8.46. The lowest BCUT2D eigenvalue weighted by molar-refractivity contribution is -0.121. The van der Waals surface area contributed by atoms with Crippen LogP contribution in [0.1, 0.15) is 60.3 Å². The molecule has 2 fully saturated rings. The summed E-state index contributed by atoms with van der Waals surface area (Å²) in [5.41, 5.74) is 0.948. The molecule has 1 heterocycles. The minimum Gasteiger partial charge on any atom is -0.459 e. The van der Waals surface area contributed by atoms with Crippen LogP contribution in [0, 0.1) is 36.0 Å². The molecule has 2 bridgehead atoms. The summed E-state index contributed by atoms with van der Waals surface area (Å²) < 4.78 is 5.22. The first-order valence-corrected chi connectivity index (χ1v) is 9.27. The molecule has 0 saturated heterocycles. The summed E-state index contributed by atoms with van der Waals surface area (Å²) in [5.74, 6) is 0.756. The SMILES string of the molecule is Cc1c(C(=O)OC(C)C)sc(NC(=O)[C@H]2C[C@H]3CC[C@@H]2C3)c1C#N. The van der Waals surface area contributed by atoms with Crippen LogP contribution in [0.3, 0.4) is 0 Å². The highest BCUT2D eigenvalue weighted by atomic mass is 32.1. The number of nitriles is 1. The molecule has 3 atom stereocenters. The van der Waals surface area contributed by atoms with Crippen molar-refractivity contribution in [2.45, 2.75) is 52.6 Å². The summed E-state index contributed by atoms with van der Waals surface area (Å²) >= 11 is 1.14. The number of rotatable bonds is 4. The van der Waals surface area contributed by atoms with Crippen molar-refractivity contribution in [3.05, 3.63) is 16.0 Å². The zero-order valence-corrected chi connectivity index (χ0v) is 15.0. The van der Waals surface area contributed by atoms with Crippen molar-refractivity contribution in [1.82, 2.24) is 0 Å². The standard InChI is InChI=1S/C18H22N2O3S/c1-9(2)23-18(22)15-10(3)14(8-19)17(24-15)20-16(21)13-7-11-4-5-12(13)6-11/h9,11-13H,4-7H2,1-3H3,(H,20,21)/t11-,12+,13-/m0/s1. The fourth-order valence-electron chi connectivity index (χ4n) is 3.97. The third kappa shape index (κ3) is 3.05. The molecule has 5 nitrogen and oxygen atoms in total. The largest absolute Gasteiger partial charge is 0.459 e. The first kappa shape index (κ1) is 17.0. The lowest BCUT2D eigenvalue weighted by atomic mass is 9.88. The fraction of sp³-hybridized carbons (Fsp3) is 0.611. The van der Waals surface area contributed by atoms with Gasteiger partial charge in [-0.05, 0) is 57.4 Å². The highest BCUT2D eigenvalue weighted by Gasteiger charge is 2.43. The average Bonchev–Trinajstić information content (AvgIpc) is 3.21. The Hall–Kier alpha value is -1.87. The summed E-state index contributed by atoms with van der Waals surface area (Å²) in [6, 6.07) is 2.11. The Morgan fingerprint density at radius 3 is 2.62 bits per heavy atom. The maximum Gasteiger partial charge on any atom is 0.348 e. The number of amides is 1. The van der Waals surface area contributed by atoms with Gasteiger partial charge in [0.05, 0.1) is 11.7 Å². The van der Waals surface area contributed by atoms with Crippen LogP contribution in [0.2, 0.25) is 0 Å². The van der Waals surface area contributed by atoms with Crippen LogP contribution in [0.15, 0.2) is 0 Å². The molecule has 3 rings (SSSR count). The van der Waals surface area contributed by atoms with E-state index in [0.29, 0.717) is 32.8 Å². The molecule has 0 radical (unpaired) electrons. The molecule has 128 valence electrons. The normalized spacial score (nSPS) is 24.9. The fourth-order valence-corrected chi connectivity index (χ4v) is 5.01. The van der Waals surface area contributed by atoms with Crippen molar-refractivity contribution in [2.75, 3.05) is 5.32 Å². The van der Waals surface area contributed by atoms with E-state index in [1.54, 1.807) is 20.8 Å². The maximum atomic E-state index is 12.6. The van der Waals surface area contributed by atoms with Gasteiger partial charge in [0.2, 0.25) is 5.91 Å². The molecular formula is C18H22N2O3S. The molecule has 0 spiro atoms. The van der Waals surface area contributed by atoms with Gasteiger partial charge in [-0.25, -0.2) is 4.79 Å². The van der Waals surface area contributed by atoms with Crippen molar-refractivity contribution in [3.63, 3.8) is 0 Å². The van der Waals surface area contributed by atoms with E-state index in [1.807, 2.05) is 0 Å². The van der Waals surface area contributed by atoms with E-state index in [-0.39, 0.29) is 17.9 Å². The molecule has 0 unspecified atom stereocenters. The van der Waals surface area contributed by atoms with Crippen LogP contribution in [-0.2, 0) is 9.53 Å². The highest BCUT2D eigenvalue weighted by Crippen LogP contribution is 2.48. The lowest BCUT2D eigenvalue weighted by Gasteiger charge is -2.20. The summed E-state index contributed by atoms with van der Waals surface area (Å²) in [6.45, 7) is 5.28. The molecule has 2 saturated carbocycles. The summed E-state index contributed by atoms with van der Waals surface area (Å²) in [4.78, 5) is 25.2. The van der Waals surface area contributed by atoms with Gasteiger partial charge in [0.25, 0.3) is 0 Å². The first-order chi connectivity index (χ1) is 11.4. The molecule has 0 aliphatic heterocycles. The summed E-state index contributed by atoms with van der Waals surface area (Å²) in [5, 5.41) is 12.8. The number of carbonyl (C=O) groups excluding carboxylic acids is 2. The van der Waals surface area contributed by atoms with E-state index in [9.17, 15) is 14.9 Å². The number of hydrogen-bond donors (Lipinski definition) is 1. The van der Waals surface area contributed by atoms with Crippen LogP contribution in [0.4, 0.5) is 5.00 Å². The number of fused-ring (bicyclic) bond motifs is 2. The second-order valence-electron chi connectivity index (χ2n) is 7.10. The van der Waals surface area contributed by atoms with Gasteiger partial charge in [-0.3, -0.25) is 4.79 Å². The monoisotopic (exact) mass is 346 g/mol. The summed E-state index contributed by atoms with van der Waals surface area (Å²) in [7, 11) is 0. The molecule has 1 amide bonds. The second-order valence-corrected chi connectivity index (χ2v) is 8.12. The Kier molecular flexibility index (Phi) is 4.64. The van der Waals surface area contributed by atoms with E-state index in [2.05, 4.69) is 11.4 Å². The molecule has 1 N–H and O–H groups in total. The molecule has 0 aromatic carbocycles. The van der Waals surface area contributed by atoms with E-state index >= 15 is 0 Å². The average molecular weight is 346 g/mol. The smallest absolute Gasteiger partial charge is 0.348 e. The van der Waals surface area contributed by atoms with Gasteiger partial charge in [-0.2, -0.15) is 5.26 Å². The predicted octanol–water partition coefficient (Wildman–Crippen LogP) is 3.87. The van der Waals surface area contributed by atoms with Crippen LogP contribution < -0.4 is 5.32 Å². The topological polar surface area (TPSA) is 79.2 Å². The number of esters is 1. The van der Waals surface area contributed by atoms with Gasteiger partial charge in [0.1, 0.15) is 15.9 Å². The Morgan fingerprint density at radius 2 is 2.08 bits per heavy atom. The number of carbonyl (C=O) groups is 2. The highest BCUT2D eigenvalue weighted by molar-refractivity contribution is 7.18. The van der Waals surface area contributed by atoms with Crippen molar-refractivity contribution < 1.29 is 14.3 Å². The minimum absolute atomic E-state index is 0.0104. The molecular weight excluding hydrogens is 324 g/mol. The van der Waals surface area contributed by atoms with Gasteiger partial charge < -0.3 is 10.1 Å². The van der Waals surface area contributed by atoms with Crippen molar-refractivity contribution >= 4 is 28.2 Å². The predicted molar refractivity (Wildman–Crippen MR) is 91.9 cm³/mol. The van der Waals surface area contributed by atoms with Gasteiger partial charge in [0.15, 0.2) is 0 Å². The molecule has 2 aliphatic carbocycles. The number of thiophene rings is 1. The van der Waals surface area contributed by atoms with E-state index in [4.69, 9.17) is 4.74 Å². The number of hydrogen-bond acceptors (Lipinski definition) is 5. The van der Waals surface area contributed by atoms with Gasteiger partial charge in [0, 0.05) is 5.92 Å². The second kappa shape index (κ2) is 6.56. The van der Waals surface area contributed by atoms with Crippen LogP contribution in [0.25, 0.3) is 0 Å². The van der Waals surface area contributed by atoms with E-state index in [1.165, 1.54) is 6.42 Å². The number of nitrogens with one attached hydrogen (secondary N) is 1. The van der Waals surface area contributed by atoms with Gasteiger partial charge in [-0.15, -0.1) is 11.3 Å².